The van der Waals surface area contributed by atoms with Crippen molar-refractivity contribution in [3.05, 3.63) is 29.8 Å². The number of ether oxygens (including phenoxy) is 1. The summed E-state index contributed by atoms with van der Waals surface area (Å²) in [5.41, 5.74) is 5.90. The van der Waals surface area contributed by atoms with Gasteiger partial charge in [0.1, 0.15) is 11.9 Å². The number of aldehydes is 1. The van der Waals surface area contributed by atoms with Crippen molar-refractivity contribution in [1.29, 1.82) is 0 Å². The molecule has 0 saturated heterocycles. The van der Waals surface area contributed by atoms with Crippen molar-refractivity contribution < 1.29 is 22.7 Å². The van der Waals surface area contributed by atoms with E-state index in [0.717, 1.165) is 5.56 Å². The fourth-order valence-electron chi connectivity index (χ4n) is 2.09. The molecule has 0 spiro atoms. The Morgan fingerprint density at radius 2 is 1.89 bits per heavy atom. The molecule has 0 aliphatic rings. The molecule has 1 rings (SSSR count). The van der Waals surface area contributed by atoms with E-state index < -0.39 is 27.8 Å². The Balaban J connectivity index is 2.49. The van der Waals surface area contributed by atoms with Gasteiger partial charge in [0.2, 0.25) is 5.96 Å². The molecule has 28 heavy (non-hydrogen) atoms. The van der Waals surface area contributed by atoms with Crippen LogP contribution in [0.5, 0.6) is 0 Å². The summed E-state index contributed by atoms with van der Waals surface area (Å²) in [6.07, 6.45) is 0.645. The molecule has 1 atom stereocenters. The van der Waals surface area contributed by atoms with Gasteiger partial charge in [-0.15, -0.1) is 0 Å². The van der Waals surface area contributed by atoms with Crippen LogP contribution in [0, 0.1) is 6.92 Å². The minimum absolute atomic E-state index is 0.0822. The maximum Gasteiger partial charge on any atom is 0.408 e. The van der Waals surface area contributed by atoms with E-state index in [9.17, 15) is 18.0 Å². The molecule has 0 bridgehead atoms. The van der Waals surface area contributed by atoms with Gasteiger partial charge in [-0.25, -0.2) is 17.9 Å². The summed E-state index contributed by atoms with van der Waals surface area (Å²) in [7, 11) is -3.80. The molecule has 0 fully saturated rings. The highest BCUT2D eigenvalue weighted by Crippen LogP contribution is 2.10. The van der Waals surface area contributed by atoms with Gasteiger partial charge in [0.25, 0.3) is 10.0 Å². The number of sulfonamides is 1. The molecule has 0 saturated carbocycles. The summed E-state index contributed by atoms with van der Waals surface area (Å²) < 4.78 is 31.7. The minimum atomic E-state index is -3.80. The van der Waals surface area contributed by atoms with Crippen molar-refractivity contribution in [3.63, 3.8) is 0 Å². The molecule has 1 aromatic carbocycles. The lowest BCUT2D eigenvalue weighted by molar-refractivity contribution is -0.109. The van der Waals surface area contributed by atoms with Crippen molar-refractivity contribution in [2.75, 3.05) is 6.54 Å². The molecular weight excluding hydrogens is 384 g/mol. The topological polar surface area (TPSA) is 140 Å². The third-order valence-electron chi connectivity index (χ3n) is 3.39. The number of carbonyl (C=O) groups is 2. The van der Waals surface area contributed by atoms with Crippen molar-refractivity contribution >= 4 is 28.4 Å². The van der Waals surface area contributed by atoms with E-state index in [0.29, 0.717) is 19.1 Å². The van der Waals surface area contributed by atoms with Gasteiger partial charge in [-0.3, -0.25) is 4.99 Å². The molecular formula is C18H28N4O5S. The number of guanidine groups is 1. The van der Waals surface area contributed by atoms with Gasteiger partial charge in [0.15, 0.2) is 0 Å². The van der Waals surface area contributed by atoms with Gasteiger partial charge in [-0.2, -0.15) is 0 Å². The van der Waals surface area contributed by atoms with Crippen LogP contribution >= 0.6 is 0 Å². The number of aryl methyl sites for hydroxylation is 1. The van der Waals surface area contributed by atoms with Crippen LogP contribution in [0.25, 0.3) is 0 Å². The van der Waals surface area contributed by atoms with E-state index >= 15 is 0 Å². The number of benzene rings is 1. The monoisotopic (exact) mass is 412 g/mol. The Labute approximate surface area is 165 Å². The zero-order chi connectivity index (χ0) is 21.4. The number of nitrogens with two attached hydrogens (primary N) is 1. The number of amides is 1. The number of hydrogen-bond donors (Lipinski definition) is 3. The van der Waals surface area contributed by atoms with E-state index in [1.807, 2.05) is 6.92 Å². The first-order valence-corrected chi connectivity index (χ1v) is 10.3. The van der Waals surface area contributed by atoms with Crippen LogP contribution in [0.4, 0.5) is 4.79 Å². The molecule has 1 aromatic rings. The molecule has 0 aliphatic carbocycles. The fourth-order valence-corrected chi connectivity index (χ4v) is 3.04. The van der Waals surface area contributed by atoms with E-state index in [1.165, 1.54) is 12.1 Å². The molecule has 0 aromatic heterocycles. The number of carbonyl (C=O) groups excluding carboxylic acids is 2. The average molecular weight is 413 g/mol. The van der Waals surface area contributed by atoms with Crippen molar-refractivity contribution in [3.8, 4) is 0 Å². The average Bonchev–Trinajstić information content (AvgIpc) is 2.55. The molecule has 1 amide bonds. The van der Waals surface area contributed by atoms with Crippen LogP contribution in [0.1, 0.15) is 39.2 Å². The fraction of sp³-hybridized carbons (Fsp3) is 0.500. The SMILES string of the molecule is Cc1ccc(S(=O)(=O)NC(N)=NCCC[C@H](C=O)NC(=O)OC(C)(C)C)cc1. The molecule has 0 unspecified atom stereocenters. The zero-order valence-corrected chi connectivity index (χ0v) is 17.4. The summed E-state index contributed by atoms with van der Waals surface area (Å²) in [5, 5.41) is 2.46. The lowest BCUT2D eigenvalue weighted by Gasteiger charge is -2.21. The molecule has 156 valence electrons. The Kier molecular flexibility index (Phi) is 8.42. The third-order valence-corrected chi connectivity index (χ3v) is 4.76. The van der Waals surface area contributed by atoms with E-state index in [2.05, 4.69) is 15.0 Å². The van der Waals surface area contributed by atoms with E-state index in [4.69, 9.17) is 10.5 Å². The predicted octanol–water partition coefficient (Wildman–Crippen LogP) is 1.46. The van der Waals surface area contributed by atoms with Crippen LogP contribution in [0.2, 0.25) is 0 Å². The van der Waals surface area contributed by atoms with Crippen LogP contribution < -0.4 is 15.8 Å². The van der Waals surface area contributed by atoms with Crippen molar-refractivity contribution in [1.82, 2.24) is 10.0 Å². The quantitative estimate of drug-likeness (QED) is 0.256. The van der Waals surface area contributed by atoms with Gasteiger partial charge in [0.05, 0.1) is 10.9 Å². The molecule has 0 heterocycles. The first-order chi connectivity index (χ1) is 12.9. The largest absolute Gasteiger partial charge is 0.444 e. The zero-order valence-electron chi connectivity index (χ0n) is 16.6. The lowest BCUT2D eigenvalue weighted by Crippen LogP contribution is -2.40. The van der Waals surface area contributed by atoms with E-state index in [1.54, 1.807) is 32.9 Å². The number of nitrogens with one attached hydrogen (secondary N) is 2. The molecule has 4 N–H and O–H groups in total. The molecule has 9 nitrogen and oxygen atoms in total. The van der Waals surface area contributed by atoms with Crippen molar-refractivity contribution in [2.45, 2.75) is 57.1 Å². The first-order valence-electron chi connectivity index (χ1n) is 8.77. The highest BCUT2D eigenvalue weighted by molar-refractivity contribution is 7.90. The van der Waals surface area contributed by atoms with Gasteiger partial charge < -0.3 is 20.6 Å². The summed E-state index contributed by atoms with van der Waals surface area (Å²) in [6.45, 7) is 7.19. The second kappa shape index (κ2) is 10.1. The number of aliphatic imine (C=N–C) groups is 1. The van der Waals surface area contributed by atoms with Gasteiger partial charge in [-0.05, 0) is 52.7 Å². The van der Waals surface area contributed by atoms with Gasteiger partial charge in [-0.1, -0.05) is 17.7 Å². The first kappa shape index (κ1) is 23.4. The number of nitrogens with zero attached hydrogens (tertiary/aromatic N) is 1. The number of alkyl carbamates (subject to hydrolysis) is 1. The maximum atomic E-state index is 12.2. The van der Waals surface area contributed by atoms with Gasteiger partial charge >= 0.3 is 6.09 Å². The predicted molar refractivity (Wildman–Crippen MR) is 106 cm³/mol. The smallest absolute Gasteiger partial charge is 0.408 e. The highest BCUT2D eigenvalue weighted by atomic mass is 32.2. The standard InChI is InChI=1S/C18H28N4O5S/c1-13-7-9-15(10-8-13)28(25,26)22-16(19)20-11-5-6-14(12-23)21-17(24)27-18(2,3)4/h7-10,12,14H,5-6,11H2,1-4H3,(H,21,24)(H3,19,20,22)/t14-/m1/s1. The molecule has 10 heteroatoms. The Bertz CT molecular complexity index is 798. The summed E-state index contributed by atoms with van der Waals surface area (Å²) in [5.74, 6) is -0.247. The number of rotatable bonds is 8. The second-order valence-corrected chi connectivity index (χ2v) is 8.90. The number of hydrogen-bond acceptors (Lipinski definition) is 6. The van der Waals surface area contributed by atoms with Crippen molar-refractivity contribution in [2.24, 2.45) is 10.7 Å². The minimum Gasteiger partial charge on any atom is -0.444 e. The van der Waals surface area contributed by atoms with Gasteiger partial charge in [0, 0.05) is 6.54 Å². The Hall–Kier alpha value is -2.62. The summed E-state index contributed by atoms with van der Waals surface area (Å²) in [4.78, 5) is 26.8. The van der Waals surface area contributed by atoms with Crippen LogP contribution in [0.15, 0.2) is 34.2 Å². The summed E-state index contributed by atoms with van der Waals surface area (Å²) >= 11 is 0. The summed E-state index contributed by atoms with van der Waals surface area (Å²) in [6, 6.07) is 5.58. The van der Waals surface area contributed by atoms with E-state index in [-0.39, 0.29) is 17.4 Å². The molecule has 0 radical (unpaired) electrons. The molecule has 0 aliphatic heterocycles. The third kappa shape index (κ3) is 8.85. The van der Waals surface area contributed by atoms with Crippen LogP contribution in [-0.2, 0) is 19.6 Å². The maximum absolute atomic E-state index is 12.2. The van der Waals surface area contributed by atoms with Crippen LogP contribution in [-0.4, -0.2) is 44.9 Å². The normalized spacial score (nSPS) is 13.5. The van der Waals surface area contributed by atoms with Crippen LogP contribution in [0.3, 0.4) is 0 Å². The highest BCUT2D eigenvalue weighted by Gasteiger charge is 2.19. The lowest BCUT2D eigenvalue weighted by atomic mass is 10.2. The Morgan fingerprint density at radius 1 is 1.29 bits per heavy atom. The Morgan fingerprint density at radius 3 is 2.43 bits per heavy atom. The second-order valence-electron chi connectivity index (χ2n) is 7.22.